The van der Waals surface area contributed by atoms with Crippen LogP contribution in [0.5, 0.6) is 0 Å². The second-order valence-corrected chi connectivity index (χ2v) is 9.52. The molecule has 0 atom stereocenters. The Kier molecular flexibility index (Phi) is 5.85. The molecule has 0 aromatic heterocycles. The Labute approximate surface area is 132 Å². The molecule has 1 rings (SSSR count). The SMILES string of the molecule is C[Si](C)(C)c1ccc([B-](F)(F)F)cc1.[K+]. The van der Waals surface area contributed by atoms with Crippen LogP contribution in [0.3, 0.4) is 0 Å². The van der Waals surface area contributed by atoms with E-state index in [2.05, 4.69) is 19.6 Å². The summed E-state index contributed by atoms with van der Waals surface area (Å²) in [5.74, 6) is 0. The van der Waals surface area contributed by atoms with Crippen molar-refractivity contribution < 1.29 is 64.3 Å². The van der Waals surface area contributed by atoms with Gasteiger partial charge in [-0.3, -0.25) is 0 Å². The zero-order valence-corrected chi connectivity index (χ0v) is 13.6. The van der Waals surface area contributed by atoms with E-state index in [0.717, 1.165) is 5.19 Å². The molecule has 15 heavy (non-hydrogen) atoms. The van der Waals surface area contributed by atoms with Gasteiger partial charge in [0.2, 0.25) is 0 Å². The fourth-order valence-electron chi connectivity index (χ4n) is 1.20. The summed E-state index contributed by atoms with van der Waals surface area (Å²) in [4.78, 5) is 0. The molecule has 0 radical (unpaired) electrons. The molecule has 0 unspecified atom stereocenters. The Hall–Kier alpha value is 0.928. The van der Waals surface area contributed by atoms with Gasteiger partial charge in [-0.1, -0.05) is 49.1 Å². The molecular weight excluding hydrogens is 243 g/mol. The van der Waals surface area contributed by atoms with Crippen molar-refractivity contribution in [1.82, 2.24) is 0 Å². The van der Waals surface area contributed by atoms with Gasteiger partial charge >= 0.3 is 58.4 Å². The molecule has 0 aliphatic heterocycles. The van der Waals surface area contributed by atoms with Gasteiger partial charge in [-0.2, -0.15) is 0 Å². The molecule has 1 aromatic carbocycles. The maximum Gasteiger partial charge on any atom is 1.00 e. The summed E-state index contributed by atoms with van der Waals surface area (Å²) in [5, 5.41) is 1.06. The molecule has 0 nitrogen and oxygen atoms in total. The van der Waals surface area contributed by atoms with Crippen LogP contribution in [0, 0.1) is 0 Å². The van der Waals surface area contributed by atoms with E-state index in [1.54, 1.807) is 12.1 Å². The van der Waals surface area contributed by atoms with E-state index < -0.39 is 20.5 Å². The van der Waals surface area contributed by atoms with Gasteiger partial charge in [0.1, 0.15) is 0 Å². The predicted molar refractivity (Wildman–Crippen MR) is 58.1 cm³/mol. The fourth-order valence-corrected chi connectivity index (χ4v) is 2.37. The Morgan fingerprint density at radius 2 is 1.33 bits per heavy atom. The molecular formula is C9H13BF3KSi. The average Bonchev–Trinajstić information content (AvgIpc) is 2.01. The molecule has 1 aromatic rings. The van der Waals surface area contributed by atoms with Crippen LogP contribution in [-0.4, -0.2) is 15.1 Å². The Bertz CT molecular complexity index is 283. The fraction of sp³-hybridized carbons (Fsp3) is 0.333. The summed E-state index contributed by atoms with van der Waals surface area (Å²) < 4.78 is 36.9. The maximum atomic E-state index is 12.3. The van der Waals surface area contributed by atoms with Gasteiger partial charge in [0.25, 0.3) is 0 Å². The maximum absolute atomic E-state index is 12.3. The first-order chi connectivity index (χ1) is 6.21. The van der Waals surface area contributed by atoms with Crippen molar-refractivity contribution in [3.05, 3.63) is 24.3 Å². The summed E-state index contributed by atoms with van der Waals surface area (Å²) in [5.41, 5.74) is -0.507. The van der Waals surface area contributed by atoms with E-state index in [9.17, 15) is 12.9 Å². The summed E-state index contributed by atoms with van der Waals surface area (Å²) in [6.07, 6.45) is 0. The molecule has 0 bridgehead atoms. The van der Waals surface area contributed by atoms with Crippen LogP contribution in [0.4, 0.5) is 12.9 Å². The van der Waals surface area contributed by atoms with Crippen molar-refractivity contribution in [1.29, 1.82) is 0 Å². The van der Waals surface area contributed by atoms with Crippen molar-refractivity contribution in [2.75, 3.05) is 0 Å². The molecule has 0 amide bonds. The van der Waals surface area contributed by atoms with Crippen molar-refractivity contribution >= 4 is 25.7 Å². The van der Waals surface area contributed by atoms with Crippen LogP contribution in [0.2, 0.25) is 19.6 Å². The first-order valence-corrected chi connectivity index (χ1v) is 8.01. The second kappa shape index (κ2) is 5.51. The third-order valence-corrected chi connectivity index (χ3v) is 4.22. The van der Waals surface area contributed by atoms with Gasteiger partial charge in [0.05, 0.1) is 8.07 Å². The Balaban J connectivity index is 0.00000196. The molecule has 0 fully saturated rings. The summed E-state index contributed by atoms with van der Waals surface area (Å²) in [7, 11) is -1.48. The third kappa shape index (κ3) is 4.75. The van der Waals surface area contributed by atoms with Crippen molar-refractivity contribution in [2.24, 2.45) is 0 Å². The zero-order chi connectivity index (χ0) is 11.0. The van der Waals surface area contributed by atoms with Gasteiger partial charge in [-0.15, -0.1) is 5.46 Å². The number of benzene rings is 1. The standard InChI is InChI=1S/C9H13BF3Si.K/c1-14(2,3)9-6-4-8(5-7-9)10(11,12)13;/h4-7H,1-3H3;/q-1;+1. The molecule has 6 heteroatoms. The first-order valence-electron chi connectivity index (χ1n) is 4.51. The van der Waals surface area contributed by atoms with E-state index in [4.69, 9.17) is 0 Å². The van der Waals surface area contributed by atoms with E-state index in [-0.39, 0.29) is 51.4 Å². The number of halogens is 3. The molecule has 0 aliphatic carbocycles. The van der Waals surface area contributed by atoms with Crippen molar-refractivity contribution in [3.8, 4) is 0 Å². The van der Waals surface area contributed by atoms with Gasteiger partial charge in [0, 0.05) is 0 Å². The largest absolute Gasteiger partial charge is 1.00 e. The number of rotatable bonds is 2. The molecule has 0 heterocycles. The van der Waals surface area contributed by atoms with E-state index >= 15 is 0 Å². The normalized spacial score (nSPS) is 12.1. The number of hydrogen-bond acceptors (Lipinski definition) is 0. The first kappa shape index (κ1) is 15.9. The Morgan fingerprint density at radius 3 is 1.60 bits per heavy atom. The Morgan fingerprint density at radius 1 is 0.933 bits per heavy atom. The smallest absolute Gasteiger partial charge is 0.445 e. The van der Waals surface area contributed by atoms with Crippen LogP contribution < -0.4 is 62.0 Å². The molecule has 0 aliphatic rings. The van der Waals surface area contributed by atoms with Crippen LogP contribution in [-0.2, 0) is 0 Å². The molecule has 0 saturated carbocycles. The van der Waals surface area contributed by atoms with E-state index in [1.165, 1.54) is 12.1 Å². The molecule has 0 N–H and O–H groups in total. The topological polar surface area (TPSA) is 0 Å². The van der Waals surface area contributed by atoms with Gasteiger partial charge < -0.3 is 12.9 Å². The molecule has 78 valence electrons. The second-order valence-electron chi connectivity index (χ2n) is 4.45. The minimum Gasteiger partial charge on any atom is -0.445 e. The summed E-state index contributed by atoms with van der Waals surface area (Å²) in [6.45, 7) is 1.49. The van der Waals surface area contributed by atoms with Crippen molar-refractivity contribution in [3.63, 3.8) is 0 Å². The zero-order valence-electron chi connectivity index (χ0n) is 9.52. The monoisotopic (exact) mass is 256 g/mol. The minimum atomic E-state index is -4.84. The van der Waals surface area contributed by atoms with Crippen LogP contribution in [0.15, 0.2) is 24.3 Å². The van der Waals surface area contributed by atoms with E-state index in [0.29, 0.717) is 0 Å². The van der Waals surface area contributed by atoms with Crippen molar-refractivity contribution in [2.45, 2.75) is 19.6 Å². The average molecular weight is 256 g/mol. The van der Waals surface area contributed by atoms with Crippen LogP contribution in [0.25, 0.3) is 0 Å². The van der Waals surface area contributed by atoms with E-state index in [1.807, 2.05) is 0 Å². The summed E-state index contributed by atoms with van der Waals surface area (Å²) >= 11 is 0. The van der Waals surface area contributed by atoms with Gasteiger partial charge in [-0.25, -0.2) is 0 Å². The number of hydrogen-bond donors (Lipinski definition) is 0. The van der Waals surface area contributed by atoms with Gasteiger partial charge in [-0.05, 0) is 0 Å². The summed E-state index contributed by atoms with van der Waals surface area (Å²) in [6, 6.07) is 5.59. The van der Waals surface area contributed by atoms with Gasteiger partial charge in [0.15, 0.2) is 0 Å². The molecule has 0 spiro atoms. The van der Waals surface area contributed by atoms with Crippen LogP contribution in [0.1, 0.15) is 0 Å². The minimum absolute atomic E-state index is 0. The molecule has 0 saturated heterocycles. The predicted octanol–water partition coefficient (Wildman–Crippen LogP) is -0.710. The van der Waals surface area contributed by atoms with Crippen LogP contribution >= 0.6 is 0 Å². The third-order valence-electron chi connectivity index (χ3n) is 2.15. The quantitative estimate of drug-likeness (QED) is 0.613.